The summed E-state index contributed by atoms with van der Waals surface area (Å²) < 4.78 is 9.06. The molecule has 6 heteroatoms. The minimum Gasteiger partial charge on any atom is -0.378 e. The van der Waals surface area contributed by atoms with E-state index in [1.165, 1.54) is 11.1 Å². The Morgan fingerprint density at radius 3 is 2.92 bits per heavy atom. The number of aromatic nitrogens is 2. The highest BCUT2D eigenvalue weighted by atomic mass is 35.5. The third-order valence-corrected chi connectivity index (χ3v) is 6.10. The molecule has 0 aliphatic carbocycles. The highest BCUT2D eigenvalue weighted by molar-refractivity contribution is 7.14. The van der Waals surface area contributed by atoms with Crippen molar-refractivity contribution in [2.75, 3.05) is 13.2 Å². The van der Waals surface area contributed by atoms with E-state index in [0.717, 1.165) is 49.8 Å². The molecule has 2 aromatic heterocycles. The van der Waals surface area contributed by atoms with Crippen LogP contribution in [0, 0.1) is 5.92 Å². The van der Waals surface area contributed by atoms with Gasteiger partial charge in [0.25, 0.3) is 0 Å². The first-order valence-corrected chi connectivity index (χ1v) is 10.8. The summed E-state index contributed by atoms with van der Waals surface area (Å²) in [7, 11) is 0. The fourth-order valence-corrected chi connectivity index (χ4v) is 4.52. The van der Waals surface area contributed by atoms with Crippen molar-refractivity contribution in [3.05, 3.63) is 39.3 Å². The van der Waals surface area contributed by atoms with Crippen LogP contribution in [0.15, 0.2) is 23.8 Å². The first-order chi connectivity index (χ1) is 12.5. The van der Waals surface area contributed by atoms with Gasteiger partial charge in [0.05, 0.1) is 23.2 Å². The van der Waals surface area contributed by atoms with E-state index in [9.17, 15) is 0 Å². The maximum atomic E-state index is 6.13. The van der Waals surface area contributed by atoms with E-state index in [2.05, 4.69) is 47.0 Å². The number of likely N-dealkylation sites (tertiary alicyclic amines) is 1. The van der Waals surface area contributed by atoms with Crippen LogP contribution in [0.1, 0.15) is 44.7 Å². The fraction of sp³-hybridized carbons (Fsp3) is 0.650. The van der Waals surface area contributed by atoms with Crippen molar-refractivity contribution >= 4 is 22.9 Å². The summed E-state index contributed by atoms with van der Waals surface area (Å²) in [6.07, 6.45) is 7.75. The van der Waals surface area contributed by atoms with Gasteiger partial charge in [-0.3, -0.25) is 9.58 Å². The Hall–Kier alpha value is -0.880. The monoisotopic (exact) mass is 395 g/mol. The molecular weight excluding hydrogens is 366 g/mol. The standard InChI is InChI=1S/C20H30ClN3OS/c1-15(2)11-24-13-18(10-22-24)12-23-6-4-19(8-16(23)3)25-7-5-17-9-20(21)26-14-17/h9-10,13-16,19H,4-8,11-12H2,1-3H3/t16-,19?/m0/s1. The van der Waals surface area contributed by atoms with Gasteiger partial charge in [-0.15, -0.1) is 11.3 Å². The topological polar surface area (TPSA) is 30.3 Å². The molecule has 144 valence electrons. The van der Waals surface area contributed by atoms with Crippen molar-refractivity contribution in [1.82, 2.24) is 14.7 Å². The first-order valence-electron chi connectivity index (χ1n) is 9.59. The second kappa shape index (κ2) is 9.36. The molecule has 0 bridgehead atoms. The zero-order valence-electron chi connectivity index (χ0n) is 16.0. The van der Waals surface area contributed by atoms with Crippen LogP contribution < -0.4 is 0 Å². The predicted octanol–water partition coefficient (Wildman–Crippen LogP) is 4.87. The molecule has 2 aromatic rings. The summed E-state index contributed by atoms with van der Waals surface area (Å²) in [6, 6.07) is 2.58. The molecule has 26 heavy (non-hydrogen) atoms. The molecule has 0 amide bonds. The molecule has 1 unspecified atom stereocenters. The van der Waals surface area contributed by atoms with Gasteiger partial charge >= 0.3 is 0 Å². The van der Waals surface area contributed by atoms with E-state index in [1.54, 1.807) is 11.3 Å². The lowest BCUT2D eigenvalue weighted by molar-refractivity contribution is -0.0127. The number of piperidine rings is 1. The number of rotatable bonds is 8. The summed E-state index contributed by atoms with van der Waals surface area (Å²) in [6.45, 7) is 10.6. The third-order valence-electron chi connectivity index (χ3n) is 4.96. The normalized spacial score (nSPS) is 21.6. The quantitative estimate of drug-likeness (QED) is 0.639. The van der Waals surface area contributed by atoms with Crippen molar-refractivity contribution < 1.29 is 4.74 Å². The first kappa shape index (κ1) is 19.9. The van der Waals surface area contributed by atoms with E-state index in [1.807, 2.05) is 12.3 Å². The molecule has 3 rings (SSSR count). The Morgan fingerprint density at radius 2 is 2.23 bits per heavy atom. The van der Waals surface area contributed by atoms with Crippen LogP contribution in [0.2, 0.25) is 4.34 Å². The second-order valence-electron chi connectivity index (χ2n) is 7.81. The number of ether oxygens (including phenoxy) is 1. The number of hydrogen-bond donors (Lipinski definition) is 0. The lowest BCUT2D eigenvalue weighted by atomic mass is 10.00. The smallest absolute Gasteiger partial charge is 0.0931 e. The van der Waals surface area contributed by atoms with Gasteiger partial charge in [0, 0.05) is 37.4 Å². The van der Waals surface area contributed by atoms with Gasteiger partial charge in [-0.25, -0.2) is 0 Å². The number of thiophene rings is 1. The lowest BCUT2D eigenvalue weighted by Gasteiger charge is -2.37. The van der Waals surface area contributed by atoms with E-state index < -0.39 is 0 Å². The molecule has 0 saturated carbocycles. The van der Waals surface area contributed by atoms with Crippen molar-refractivity contribution in [2.45, 2.75) is 65.3 Å². The van der Waals surface area contributed by atoms with Gasteiger partial charge in [-0.05, 0) is 49.1 Å². The Bertz CT molecular complexity index is 684. The number of nitrogens with zero attached hydrogens (tertiary/aromatic N) is 3. The molecule has 1 fully saturated rings. The average Bonchev–Trinajstić information content (AvgIpc) is 3.18. The molecule has 3 heterocycles. The van der Waals surface area contributed by atoms with E-state index >= 15 is 0 Å². The SMILES string of the molecule is CC(C)Cn1cc(CN2CCC(OCCc3csc(Cl)c3)C[C@@H]2C)cn1. The number of hydrogen-bond acceptors (Lipinski definition) is 4. The molecule has 0 spiro atoms. The third kappa shape index (κ3) is 5.81. The highest BCUT2D eigenvalue weighted by Gasteiger charge is 2.26. The van der Waals surface area contributed by atoms with Crippen LogP contribution in [-0.4, -0.2) is 40.0 Å². The molecule has 4 nitrogen and oxygen atoms in total. The Morgan fingerprint density at radius 1 is 1.38 bits per heavy atom. The van der Waals surface area contributed by atoms with Gasteiger partial charge in [-0.1, -0.05) is 25.4 Å². The molecule has 1 aliphatic rings. The van der Waals surface area contributed by atoms with Crippen LogP contribution in [-0.2, 0) is 24.2 Å². The Kier molecular flexibility index (Phi) is 7.15. The van der Waals surface area contributed by atoms with E-state index in [4.69, 9.17) is 16.3 Å². The average molecular weight is 396 g/mol. The van der Waals surface area contributed by atoms with Crippen molar-refractivity contribution in [3.8, 4) is 0 Å². The van der Waals surface area contributed by atoms with Crippen LogP contribution in [0.4, 0.5) is 0 Å². The molecule has 1 aliphatic heterocycles. The molecule has 0 radical (unpaired) electrons. The van der Waals surface area contributed by atoms with Crippen LogP contribution in [0.5, 0.6) is 0 Å². The van der Waals surface area contributed by atoms with E-state index in [-0.39, 0.29) is 0 Å². The van der Waals surface area contributed by atoms with Gasteiger partial charge in [0.2, 0.25) is 0 Å². The summed E-state index contributed by atoms with van der Waals surface area (Å²) in [4.78, 5) is 2.55. The summed E-state index contributed by atoms with van der Waals surface area (Å²) >= 11 is 7.58. The summed E-state index contributed by atoms with van der Waals surface area (Å²) in [5, 5.41) is 6.61. The zero-order chi connectivity index (χ0) is 18.5. The van der Waals surface area contributed by atoms with Crippen LogP contribution in [0.3, 0.4) is 0 Å². The summed E-state index contributed by atoms with van der Waals surface area (Å²) in [5.41, 5.74) is 2.59. The van der Waals surface area contributed by atoms with Crippen molar-refractivity contribution in [3.63, 3.8) is 0 Å². The van der Waals surface area contributed by atoms with Crippen LogP contribution in [0.25, 0.3) is 0 Å². The Labute approximate surface area is 166 Å². The maximum absolute atomic E-state index is 6.13. The molecular formula is C20H30ClN3OS. The maximum Gasteiger partial charge on any atom is 0.0931 e. The largest absolute Gasteiger partial charge is 0.378 e. The van der Waals surface area contributed by atoms with Crippen LogP contribution >= 0.6 is 22.9 Å². The lowest BCUT2D eigenvalue weighted by Crippen LogP contribution is -2.43. The zero-order valence-corrected chi connectivity index (χ0v) is 17.6. The summed E-state index contributed by atoms with van der Waals surface area (Å²) in [5.74, 6) is 0.625. The molecule has 0 aromatic carbocycles. The number of halogens is 1. The second-order valence-corrected chi connectivity index (χ2v) is 9.35. The van der Waals surface area contributed by atoms with Gasteiger partial charge < -0.3 is 4.74 Å². The van der Waals surface area contributed by atoms with Gasteiger partial charge in [0.15, 0.2) is 0 Å². The minimum absolute atomic E-state index is 0.374. The minimum atomic E-state index is 0.374. The fourth-order valence-electron chi connectivity index (χ4n) is 3.58. The molecule has 2 atom stereocenters. The van der Waals surface area contributed by atoms with Crippen molar-refractivity contribution in [1.29, 1.82) is 0 Å². The van der Waals surface area contributed by atoms with Gasteiger partial charge in [0.1, 0.15) is 0 Å². The molecule has 0 N–H and O–H groups in total. The Balaban J connectivity index is 1.41. The van der Waals surface area contributed by atoms with E-state index in [0.29, 0.717) is 18.1 Å². The predicted molar refractivity (Wildman–Crippen MR) is 109 cm³/mol. The highest BCUT2D eigenvalue weighted by Crippen LogP contribution is 2.23. The van der Waals surface area contributed by atoms with Gasteiger partial charge in [-0.2, -0.15) is 5.10 Å². The van der Waals surface area contributed by atoms with Crippen molar-refractivity contribution in [2.24, 2.45) is 5.92 Å². The molecule has 1 saturated heterocycles.